The molecule has 5 nitrogen and oxygen atoms in total. The summed E-state index contributed by atoms with van der Waals surface area (Å²) in [7, 11) is 0. The van der Waals surface area contributed by atoms with E-state index in [1.165, 1.54) is 0 Å². The average Bonchev–Trinajstić information content (AvgIpc) is 2.56. The van der Waals surface area contributed by atoms with Crippen molar-refractivity contribution in [2.24, 2.45) is 5.10 Å². The number of hydrogen-bond donors (Lipinski definition) is 2. The molecule has 8 heteroatoms. The molecule has 0 saturated heterocycles. The number of carbonyl (C=O) groups is 2. The fraction of sp³-hybridized carbons (Fsp3) is 0.118. The number of rotatable bonds is 5. The smallest absolute Gasteiger partial charge is 0.271 e. The molecule has 25 heavy (non-hydrogen) atoms. The van der Waals surface area contributed by atoms with Gasteiger partial charge >= 0.3 is 0 Å². The van der Waals surface area contributed by atoms with Crippen LogP contribution in [0.5, 0.6) is 0 Å². The molecule has 2 amide bonds. The summed E-state index contributed by atoms with van der Waals surface area (Å²) in [6, 6.07) is 11.9. The maximum Gasteiger partial charge on any atom is 0.271 e. The first-order valence-corrected chi connectivity index (χ1v) is 9.02. The van der Waals surface area contributed by atoms with Crippen molar-refractivity contribution < 1.29 is 9.59 Å². The molecule has 0 aliphatic carbocycles. The molecule has 0 saturated carbocycles. The highest BCUT2D eigenvalue weighted by Gasteiger charge is 2.08. The highest BCUT2D eigenvalue weighted by Crippen LogP contribution is 2.25. The van der Waals surface area contributed by atoms with Crippen molar-refractivity contribution in [2.75, 3.05) is 5.32 Å². The summed E-state index contributed by atoms with van der Waals surface area (Å²) < 4.78 is 1.04. The van der Waals surface area contributed by atoms with Gasteiger partial charge in [-0.05, 0) is 72.0 Å². The number of nitrogens with one attached hydrogen (secondary N) is 2. The second kappa shape index (κ2) is 9.17. The van der Waals surface area contributed by atoms with Gasteiger partial charge in [-0.3, -0.25) is 9.59 Å². The monoisotopic (exact) mass is 489 g/mol. The molecule has 130 valence electrons. The Hall–Kier alpha value is -1.64. The van der Waals surface area contributed by atoms with Crippen LogP contribution in [0.3, 0.4) is 0 Å². The molecule has 0 unspecified atom stereocenters. The van der Waals surface area contributed by atoms with Gasteiger partial charge in [0.05, 0.1) is 16.5 Å². The van der Waals surface area contributed by atoms with E-state index in [1.807, 2.05) is 12.1 Å². The predicted octanol–water partition coefficient (Wildman–Crippen LogP) is 4.73. The van der Waals surface area contributed by atoms with Crippen molar-refractivity contribution in [3.8, 4) is 0 Å². The molecule has 0 spiro atoms. The number of carbonyl (C=O) groups excluding carboxylic acids is 2. The van der Waals surface area contributed by atoms with Crippen LogP contribution < -0.4 is 10.7 Å². The Labute approximate surface area is 168 Å². The Morgan fingerprint density at radius 2 is 1.76 bits per heavy atom. The van der Waals surface area contributed by atoms with Gasteiger partial charge in [-0.2, -0.15) is 5.10 Å². The van der Waals surface area contributed by atoms with Gasteiger partial charge in [0.15, 0.2) is 0 Å². The molecule has 0 heterocycles. The van der Waals surface area contributed by atoms with Crippen molar-refractivity contribution in [1.29, 1.82) is 0 Å². The Morgan fingerprint density at radius 1 is 1.08 bits per heavy atom. The summed E-state index contributed by atoms with van der Waals surface area (Å²) in [4.78, 5) is 23.9. The highest BCUT2D eigenvalue weighted by molar-refractivity contribution is 14.1. The summed E-state index contributed by atoms with van der Waals surface area (Å²) in [6.07, 6.45) is 0.0349. The quantitative estimate of drug-likeness (QED) is 0.362. The third kappa shape index (κ3) is 6.30. The Balaban J connectivity index is 1.89. The van der Waals surface area contributed by atoms with Crippen molar-refractivity contribution in [3.63, 3.8) is 0 Å². The van der Waals surface area contributed by atoms with E-state index in [-0.39, 0.29) is 18.2 Å². The van der Waals surface area contributed by atoms with E-state index in [0.29, 0.717) is 27.0 Å². The molecular weight excluding hydrogens is 476 g/mol. The van der Waals surface area contributed by atoms with E-state index in [4.69, 9.17) is 23.2 Å². The molecule has 0 bridgehead atoms. The fourth-order valence-corrected chi connectivity index (χ4v) is 2.52. The van der Waals surface area contributed by atoms with Crippen LogP contribution in [0.1, 0.15) is 23.7 Å². The van der Waals surface area contributed by atoms with E-state index < -0.39 is 0 Å². The van der Waals surface area contributed by atoms with Crippen LogP contribution in [0, 0.1) is 3.57 Å². The van der Waals surface area contributed by atoms with Crippen LogP contribution in [0.2, 0.25) is 10.0 Å². The van der Waals surface area contributed by atoms with Gasteiger partial charge in [0.2, 0.25) is 5.91 Å². The van der Waals surface area contributed by atoms with Crippen LogP contribution in [0.15, 0.2) is 47.6 Å². The maximum absolute atomic E-state index is 12.0. The van der Waals surface area contributed by atoms with E-state index in [1.54, 1.807) is 37.3 Å². The summed E-state index contributed by atoms with van der Waals surface area (Å²) in [5.74, 6) is -0.608. The first kappa shape index (κ1) is 19.7. The van der Waals surface area contributed by atoms with E-state index >= 15 is 0 Å². The third-order valence-electron chi connectivity index (χ3n) is 3.07. The number of amides is 2. The number of hydrogen-bond acceptors (Lipinski definition) is 3. The molecule has 0 aliphatic heterocycles. The van der Waals surface area contributed by atoms with Crippen molar-refractivity contribution in [3.05, 3.63) is 61.6 Å². The zero-order valence-electron chi connectivity index (χ0n) is 13.1. The van der Waals surface area contributed by atoms with Crippen LogP contribution in [-0.4, -0.2) is 17.5 Å². The minimum absolute atomic E-state index is 0.0349. The van der Waals surface area contributed by atoms with Crippen molar-refractivity contribution in [1.82, 2.24) is 5.43 Å². The van der Waals surface area contributed by atoms with Gasteiger partial charge < -0.3 is 5.32 Å². The van der Waals surface area contributed by atoms with Crippen LogP contribution in [-0.2, 0) is 4.79 Å². The van der Waals surface area contributed by atoms with Gasteiger partial charge in [-0.25, -0.2) is 5.43 Å². The third-order valence-corrected chi connectivity index (χ3v) is 4.53. The van der Waals surface area contributed by atoms with Crippen molar-refractivity contribution >= 4 is 69.0 Å². The molecule has 0 radical (unpaired) electrons. The number of benzene rings is 2. The maximum atomic E-state index is 12.0. The fourth-order valence-electron chi connectivity index (χ4n) is 1.86. The molecule has 0 atom stereocenters. The molecule has 2 rings (SSSR count). The van der Waals surface area contributed by atoms with Gasteiger partial charge in [0, 0.05) is 20.5 Å². The van der Waals surface area contributed by atoms with E-state index in [2.05, 4.69) is 38.4 Å². The van der Waals surface area contributed by atoms with Gasteiger partial charge in [0.25, 0.3) is 5.91 Å². The van der Waals surface area contributed by atoms with Crippen LogP contribution in [0.25, 0.3) is 0 Å². The van der Waals surface area contributed by atoms with Crippen molar-refractivity contribution in [2.45, 2.75) is 13.3 Å². The molecule has 0 fully saturated rings. The van der Waals surface area contributed by atoms with Gasteiger partial charge in [-0.1, -0.05) is 23.2 Å². The average molecular weight is 490 g/mol. The second-order valence-electron chi connectivity index (χ2n) is 5.15. The van der Waals surface area contributed by atoms with Crippen LogP contribution >= 0.6 is 45.8 Å². The highest BCUT2D eigenvalue weighted by atomic mass is 127. The molecule has 0 aliphatic rings. The Morgan fingerprint density at radius 3 is 2.40 bits per heavy atom. The summed E-state index contributed by atoms with van der Waals surface area (Å²) in [5.41, 5.74) is 3.94. The van der Waals surface area contributed by atoms with E-state index in [0.717, 1.165) is 3.57 Å². The van der Waals surface area contributed by atoms with Gasteiger partial charge in [-0.15, -0.1) is 0 Å². The lowest BCUT2D eigenvalue weighted by atomic mass is 10.2. The minimum atomic E-state index is -0.333. The Bertz CT molecular complexity index is 823. The topological polar surface area (TPSA) is 70.6 Å². The molecule has 2 aromatic carbocycles. The molecular formula is C17H14Cl2IN3O2. The summed E-state index contributed by atoms with van der Waals surface area (Å²) in [5, 5.41) is 7.40. The SMILES string of the molecule is C/C(CC(=O)Nc1ccc(Cl)c(Cl)c1)=N\NC(=O)c1ccc(I)cc1. The standard InChI is InChI=1S/C17H14Cl2IN3O2/c1-10(22-23-17(25)11-2-4-12(20)5-3-11)8-16(24)21-13-6-7-14(18)15(19)9-13/h2-7,9H,8H2,1H3,(H,21,24)(H,23,25)/b22-10+. The molecule has 2 aromatic rings. The Kier molecular flexibility index (Phi) is 7.22. The number of halogens is 3. The molecule has 2 N–H and O–H groups in total. The van der Waals surface area contributed by atoms with Crippen LogP contribution in [0.4, 0.5) is 5.69 Å². The number of anilines is 1. The lowest BCUT2D eigenvalue weighted by Gasteiger charge is -2.06. The zero-order valence-corrected chi connectivity index (χ0v) is 16.8. The first-order valence-electron chi connectivity index (χ1n) is 7.19. The zero-order chi connectivity index (χ0) is 18.4. The normalized spacial score (nSPS) is 11.1. The van der Waals surface area contributed by atoms with E-state index in [9.17, 15) is 9.59 Å². The second-order valence-corrected chi connectivity index (χ2v) is 7.21. The predicted molar refractivity (Wildman–Crippen MR) is 109 cm³/mol. The lowest BCUT2D eigenvalue weighted by Crippen LogP contribution is -2.21. The molecule has 0 aromatic heterocycles. The summed E-state index contributed by atoms with van der Waals surface area (Å²) in [6.45, 7) is 1.66. The number of nitrogens with zero attached hydrogens (tertiary/aromatic N) is 1. The van der Waals surface area contributed by atoms with Gasteiger partial charge in [0.1, 0.15) is 0 Å². The lowest BCUT2D eigenvalue weighted by molar-refractivity contribution is -0.115. The first-order chi connectivity index (χ1) is 11.8. The largest absolute Gasteiger partial charge is 0.326 e. The summed E-state index contributed by atoms with van der Waals surface area (Å²) >= 11 is 13.9. The number of hydrazone groups is 1. The minimum Gasteiger partial charge on any atom is -0.326 e.